The average molecular weight is 464 g/mol. The van der Waals surface area contributed by atoms with Crippen molar-refractivity contribution in [2.75, 3.05) is 21.3 Å². The van der Waals surface area contributed by atoms with Crippen molar-refractivity contribution in [3.05, 3.63) is 11.5 Å². The standard InChI is InChI=1S/C7H15O5P.I2/c1-6-7(2)12-13(8-3,9-4,10-5)11-6;1-2/h1-5H3;. The zero-order chi connectivity index (χ0) is 12.1. The van der Waals surface area contributed by atoms with E-state index in [0.29, 0.717) is 11.5 Å². The Balaban J connectivity index is 0.000000921. The maximum Gasteiger partial charge on any atom is 0 e. The molecule has 1 aliphatic rings. The van der Waals surface area contributed by atoms with Crippen molar-refractivity contribution >= 4 is 45.0 Å². The van der Waals surface area contributed by atoms with Crippen LogP contribution in [0.2, 0.25) is 0 Å². The molecular formula is C7H15I2O5P. The van der Waals surface area contributed by atoms with Gasteiger partial charge in [-0.05, 0) is 0 Å². The first-order valence-corrected chi connectivity index (χ1v) is 12.1. The van der Waals surface area contributed by atoms with Crippen molar-refractivity contribution < 1.29 is 22.6 Å². The Morgan fingerprint density at radius 1 is 0.867 bits per heavy atom. The largest absolute Gasteiger partial charge is 0 e. The third-order valence-corrected chi connectivity index (χ3v) is 4.90. The van der Waals surface area contributed by atoms with Crippen LogP contribution in [0.5, 0.6) is 0 Å². The minimum Gasteiger partial charge on any atom is 0 e. The molecule has 8 heteroatoms. The van der Waals surface area contributed by atoms with E-state index in [1.165, 1.54) is 21.3 Å². The fourth-order valence-corrected chi connectivity index (χ4v) is 3.12. The molecular weight excluding hydrogens is 449 g/mol. The van der Waals surface area contributed by atoms with Crippen LogP contribution in [-0.2, 0) is 22.6 Å². The van der Waals surface area contributed by atoms with Gasteiger partial charge in [0.15, 0.2) is 0 Å². The van der Waals surface area contributed by atoms with Crippen LogP contribution >= 0.6 is 45.0 Å². The fraction of sp³-hybridized carbons (Fsp3) is 0.714. The Bertz CT molecular complexity index is 225. The molecule has 0 aromatic carbocycles. The van der Waals surface area contributed by atoms with E-state index in [9.17, 15) is 0 Å². The molecule has 0 spiro atoms. The summed E-state index contributed by atoms with van der Waals surface area (Å²) in [5, 5.41) is 0. The maximum absolute atomic E-state index is 5.42. The molecule has 0 N–H and O–H groups in total. The monoisotopic (exact) mass is 464 g/mol. The smallest absolute Gasteiger partial charge is 0 e. The van der Waals surface area contributed by atoms with Gasteiger partial charge in [-0.1, -0.05) is 0 Å². The Labute approximate surface area is 113 Å². The van der Waals surface area contributed by atoms with Gasteiger partial charge < -0.3 is 0 Å². The van der Waals surface area contributed by atoms with Crippen LogP contribution in [0.3, 0.4) is 0 Å². The summed E-state index contributed by atoms with van der Waals surface area (Å²) in [4.78, 5) is 0. The average Bonchev–Trinajstić information content (AvgIpc) is 2.57. The summed E-state index contributed by atoms with van der Waals surface area (Å²) < 4.78 is 26.2. The molecule has 15 heavy (non-hydrogen) atoms. The summed E-state index contributed by atoms with van der Waals surface area (Å²) in [6, 6.07) is 0. The van der Waals surface area contributed by atoms with E-state index in [2.05, 4.69) is 37.2 Å². The van der Waals surface area contributed by atoms with Gasteiger partial charge in [-0.2, -0.15) is 0 Å². The number of hydrogen-bond acceptors (Lipinski definition) is 5. The van der Waals surface area contributed by atoms with Crippen molar-refractivity contribution in [3.8, 4) is 0 Å². The molecule has 0 fully saturated rings. The molecule has 0 radical (unpaired) electrons. The second-order valence-electron chi connectivity index (χ2n) is 2.59. The molecule has 0 bridgehead atoms. The van der Waals surface area contributed by atoms with E-state index in [4.69, 9.17) is 22.6 Å². The second-order valence-corrected chi connectivity index (χ2v) is 5.54. The van der Waals surface area contributed by atoms with Crippen molar-refractivity contribution in [1.29, 1.82) is 0 Å². The first-order chi connectivity index (χ1) is 7.01. The van der Waals surface area contributed by atoms with Crippen molar-refractivity contribution in [2.45, 2.75) is 13.8 Å². The zero-order valence-corrected chi connectivity index (χ0v) is 14.5. The van der Waals surface area contributed by atoms with Gasteiger partial charge in [0.1, 0.15) is 0 Å². The molecule has 92 valence electrons. The number of halogens is 2. The van der Waals surface area contributed by atoms with Crippen molar-refractivity contribution in [1.82, 2.24) is 0 Å². The van der Waals surface area contributed by atoms with E-state index in [1.807, 2.05) is 0 Å². The van der Waals surface area contributed by atoms with Crippen LogP contribution in [0.4, 0.5) is 0 Å². The SMILES string of the molecule is COP1(OC)(OC)OC(C)=C(C)O1.II. The van der Waals surface area contributed by atoms with Crippen LogP contribution in [0.25, 0.3) is 0 Å². The van der Waals surface area contributed by atoms with E-state index in [0.717, 1.165) is 0 Å². The number of allylic oxidation sites excluding steroid dienone is 2. The number of rotatable bonds is 3. The maximum atomic E-state index is 5.42. The zero-order valence-electron chi connectivity index (χ0n) is 9.24. The molecule has 0 atom stereocenters. The van der Waals surface area contributed by atoms with Gasteiger partial charge in [0, 0.05) is 37.2 Å². The molecule has 0 aromatic rings. The number of hydrogen-bond donors (Lipinski definition) is 0. The third kappa shape index (κ3) is 3.06. The van der Waals surface area contributed by atoms with Gasteiger partial charge in [-0.25, -0.2) is 0 Å². The predicted molar refractivity (Wildman–Crippen MR) is 76.5 cm³/mol. The van der Waals surface area contributed by atoms with Crippen molar-refractivity contribution in [2.24, 2.45) is 0 Å². The van der Waals surface area contributed by atoms with E-state index < -0.39 is 7.74 Å². The molecule has 0 aromatic heterocycles. The molecule has 0 amide bonds. The topological polar surface area (TPSA) is 46.2 Å². The van der Waals surface area contributed by atoms with Gasteiger partial charge in [-0.3, -0.25) is 0 Å². The van der Waals surface area contributed by atoms with Gasteiger partial charge >= 0.3 is 77.1 Å². The Hall–Kier alpha value is 1.11. The van der Waals surface area contributed by atoms with Gasteiger partial charge in [-0.15, -0.1) is 0 Å². The molecule has 1 aliphatic heterocycles. The summed E-state index contributed by atoms with van der Waals surface area (Å²) in [7, 11) is 0.508. The Morgan fingerprint density at radius 2 is 1.13 bits per heavy atom. The Morgan fingerprint density at radius 3 is 1.27 bits per heavy atom. The van der Waals surface area contributed by atoms with Crippen LogP contribution in [0, 0.1) is 0 Å². The first-order valence-electron chi connectivity index (χ1n) is 3.94. The van der Waals surface area contributed by atoms with Gasteiger partial charge in [0.2, 0.25) is 0 Å². The summed E-state index contributed by atoms with van der Waals surface area (Å²) in [6.07, 6.45) is 0. The molecule has 0 saturated carbocycles. The predicted octanol–water partition coefficient (Wildman–Crippen LogP) is 4.12. The summed E-state index contributed by atoms with van der Waals surface area (Å²) in [5.74, 6) is 1.23. The van der Waals surface area contributed by atoms with Crippen LogP contribution in [-0.4, -0.2) is 21.3 Å². The van der Waals surface area contributed by atoms with E-state index in [1.54, 1.807) is 13.8 Å². The summed E-state index contributed by atoms with van der Waals surface area (Å²) >= 11 is 4.24. The van der Waals surface area contributed by atoms with E-state index >= 15 is 0 Å². The normalized spacial score (nSPS) is 24.1. The molecule has 0 aliphatic carbocycles. The Kier molecular flexibility index (Phi) is 6.61. The van der Waals surface area contributed by atoms with Gasteiger partial charge in [0.05, 0.1) is 0 Å². The fourth-order valence-electron chi connectivity index (χ4n) is 1.04. The van der Waals surface area contributed by atoms with Crippen LogP contribution in [0.15, 0.2) is 11.5 Å². The summed E-state index contributed by atoms with van der Waals surface area (Å²) in [6.45, 7) is 3.53. The van der Waals surface area contributed by atoms with Crippen LogP contribution in [0.1, 0.15) is 13.8 Å². The molecule has 0 saturated heterocycles. The first kappa shape index (κ1) is 16.1. The van der Waals surface area contributed by atoms with Crippen molar-refractivity contribution in [3.63, 3.8) is 0 Å². The molecule has 1 heterocycles. The molecule has 1 rings (SSSR count). The summed E-state index contributed by atoms with van der Waals surface area (Å²) in [5.41, 5.74) is 0. The van der Waals surface area contributed by atoms with E-state index in [-0.39, 0.29) is 0 Å². The second kappa shape index (κ2) is 6.15. The minimum atomic E-state index is -3.77. The third-order valence-electron chi connectivity index (χ3n) is 1.96. The molecule has 0 unspecified atom stereocenters. The van der Waals surface area contributed by atoms with Crippen LogP contribution < -0.4 is 0 Å². The quantitative estimate of drug-likeness (QED) is 0.465. The van der Waals surface area contributed by atoms with Gasteiger partial charge in [0.25, 0.3) is 0 Å². The minimum absolute atomic E-state index is 0.614. The molecule has 5 nitrogen and oxygen atoms in total.